The molecule has 0 spiro atoms. The number of nitro benzene ring substituents is 1. The average molecular weight is 465 g/mol. The van der Waals surface area contributed by atoms with E-state index in [4.69, 9.17) is 0 Å². The second kappa shape index (κ2) is 12.5. The highest BCUT2D eigenvalue weighted by Crippen LogP contribution is 2.25. The molecule has 2 aromatic rings. The van der Waals surface area contributed by atoms with Crippen molar-refractivity contribution in [3.8, 4) is 0 Å². The standard InChI is InChI=1S/C23H33N3O5S/c1-3-5-16-24(17-6-4-2)18-22(27)19-25(20-10-8-7-9-11-20)32(30,31)23-14-12-21(13-15-23)26(28)29/h7-15,22,27H,3-6,16-19H2,1-2H3/p+1. The molecule has 0 aliphatic heterocycles. The largest absolute Gasteiger partial charge is 0.385 e. The van der Waals surface area contributed by atoms with Crippen LogP contribution in [0.3, 0.4) is 0 Å². The van der Waals surface area contributed by atoms with Crippen LogP contribution < -0.4 is 9.21 Å². The van der Waals surface area contributed by atoms with Gasteiger partial charge < -0.3 is 10.0 Å². The maximum absolute atomic E-state index is 13.4. The number of non-ortho nitro benzene ring substituents is 1. The van der Waals surface area contributed by atoms with Gasteiger partial charge in [0.1, 0.15) is 12.6 Å². The molecule has 2 aromatic carbocycles. The molecule has 0 amide bonds. The summed E-state index contributed by atoms with van der Waals surface area (Å²) in [6.07, 6.45) is 3.38. The molecule has 0 heterocycles. The summed E-state index contributed by atoms with van der Waals surface area (Å²) in [7, 11) is -4.02. The second-order valence-electron chi connectivity index (χ2n) is 7.94. The van der Waals surface area contributed by atoms with Crippen LogP contribution >= 0.6 is 0 Å². The number of rotatable bonds is 14. The number of nitrogens with zero attached hydrogens (tertiary/aromatic N) is 2. The van der Waals surface area contributed by atoms with Crippen molar-refractivity contribution in [2.75, 3.05) is 30.5 Å². The summed E-state index contributed by atoms with van der Waals surface area (Å²) in [6.45, 7) is 6.50. The lowest BCUT2D eigenvalue weighted by molar-refractivity contribution is -0.903. The molecule has 32 heavy (non-hydrogen) atoms. The molecule has 0 aliphatic carbocycles. The lowest BCUT2D eigenvalue weighted by Gasteiger charge is -2.28. The van der Waals surface area contributed by atoms with Crippen LogP contribution in [0.1, 0.15) is 39.5 Å². The molecule has 0 aromatic heterocycles. The van der Waals surface area contributed by atoms with Crippen molar-refractivity contribution in [3.63, 3.8) is 0 Å². The molecule has 9 heteroatoms. The number of hydrogen-bond donors (Lipinski definition) is 2. The van der Waals surface area contributed by atoms with Crippen LogP contribution in [0.15, 0.2) is 59.5 Å². The lowest BCUT2D eigenvalue weighted by Crippen LogP contribution is -3.13. The number of quaternary nitrogens is 1. The number of aliphatic hydroxyl groups is 1. The Morgan fingerprint density at radius 1 is 1.00 bits per heavy atom. The second-order valence-corrected chi connectivity index (χ2v) is 9.80. The van der Waals surface area contributed by atoms with Gasteiger partial charge in [0.05, 0.1) is 35.1 Å². The lowest BCUT2D eigenvalue weighted by atomic mass is 10.2. The molecule has 1 atom stereocenters. The normalized spacial score (nSPS) is 12.6. The van der Waals surface area contributed by atoms with Gasteiger partial charge in [-0.15, -0.1) is 0 Å². The molecule has 0 radical (unpaired) electrons. The van der Waals surface area contributed by atoms with Gasteiger partial charge in [-0.1, -0.05) is 44.9 Å². The first-order valence-corrected chi connectivity index (χ1v) is 12.6. The highest BCUT2D eigenvalue weighted by molar-refractivity contribution is 7.92. The number of unbranched alkanes of at least 4 members (excludes halogenated alkanes) is 2. The highest BCUT2D eigenvalue weighted by Gasteiger charge is 2.29. The summed E-state index contributed by atoms with van der Waals surface area (Å²) in [5, 5.41) is 21.8. The topological polar surface area (TPSA) is 105 Å². The first-order valence-electron chi connectivity index (χ1n) is 11.1. The van der Waals surface area contributed by atoms with Gasteiger partial charge >= 0.3 is 0 Å². The van der Waals surface area contributed by atoms with E-state index < -0.39 is 21.1 Å². The predicted octanol–water partition coefficient (Wildman–Crippen LogP) is 2.64. The molecule has 0 aliphatic rings. The molecule has 0 saturated heterocycles. The summed E-state index contributed by atoms with van der Waals surface area (Å²) < 4.78 is 28.0. The molecule has 8 nitrogen and oxygen atoms in total. The zero-order valence-electron chi connectivity index (χ0n) is 18.8. The van der Waals surface area contributed by atoms with E-state index in [-0.39, 0.29) is 17.1 Å². The number of nitro groups is 1. The van der Waals surface area contributed by atoms with Gasteiger partial charge in [0.15, 0.2) is 0 Å². The maximum Gasteiger partial charge on any atom is 0.269 e. The number of aliphatic hydroxyl groups excluding tert-OH is 1. The Bertz CT molecular complexity index is 928. The molecule has 0 saturated carbocycles. The van der Waals surface area contributed by atoms with E-state index in [9.17, 15) is 23.6 Å². The van der Waals surface area contributed by atoms with Crippen LogP contribution in [0.2, 0.25) is 0 Å². The van der Waals surface area contributed by atoms with E-state index in [1.807, 2.05) is 0 Å². The third-order valence-corrected chi connectivity index (χ3v) is 7.16. The summed E-state index contributed by atoms with van der Waals surface area (Å²) in [5.41, 5.74) is 0.259. The van der Waals surface area contributed by atoms with Crippen LogP contribution in [-0.4, -0.2) is 50.7 Å². The summed E-state index contributed by atoms with van der Waals surface area (Å²) in [4.78, 5) is 11.6. The van der Waals surface area contributed by atoms with Gasteiger partial charge in [-0.3, -0.25) is 14.4 Å². The fourth-order valence-corrected chi connectivity index (χ4v) is 5.08. The third-order valence-electron chi connectivity index (χ3n) is 5.35. The van der Waals surface area contributed by atoms with Gasteiger partial charge in [0.2, 0.25) is 0 Å². The molecule has 176 valence electrons. The van der Waals surface area contributed by atoms with Crippen molar-refractivity contribution >= 4 is 21.4 Å². The fourth-order valence-electron chi connectivity index (χ4n) is 3.58. The summed E-state index contributed by atoms with van der Waals surface area (Å²) in [6, 6.07) is 13.4. The van der Waals surface area contributed by atoms with Crippen molar-refractivity contribution in [2.45, 2.75) is 50.5 Å². The van der Waals surface area contributed by atoms with E-state index in [2.05, 4.69) is 13.8 Å². The van der Waals surface area contributed by atoms with Crippen molar-refractivity contribution in [1.82, 2.24) is 0 Å². The number of nitrogens with one attached hydrogen (secondary N) is 1. The number of hydrogen-bond acceptors (Lipinski definition) is 5. The quantitative estimate of drug-likeness (QED) is 0.330. The first kappa shape index (κ1) is 25.8. The minimum absolute atomic E-state index is 0.0553. The predicted molar refractivity (Wildman–Crippen MR) is 125 cm³/mol. The van der Waals surface area contributed by atoms with Crippen molar-refractivity contribution in [1.29, 1.82) is 0 Å². The van der Waals surface area contributed by atoms with E-state index in [1.165, 1.54) is 33.5 Å². The minimum Gasteiger partial charge on any atom is -0.385 e. The average Bonchev–Trinajstić information content (AvgIpc) is 2.79. The van der Waals surface area contributed by atoms with Crippen molar-refractivity contribution in [3.05, 3.63) is 64.7 Å². The Kier molecular flexibility index (Phi) is 10.1. The van der Waals surface area contributed by atoms with Gasteiger partial charge in [0.25, 0.3) is 15.7 Å². The Morgan fingerprint density at radius 2 is 1.56 bits per heavy atom. The molecule has 2 N–H and O–H groups in total. The Morgan fingerprint density at radius 3 is 2.06 bits per heavy atom. The van der Waals surface area contributed by atoms with Gasteiger partial charge in [-0.2, -0.15) is 0 Å². The van der Waals surface area contributed by atoms with Crippen LogP contribution in [0.4, 0.5) is 11.4 Å². The third kappa shape index (κ3) is 7.29. The van der Waals surface area contributed by atoms with E-state index in [0.29, 0.717) is 12.2 Å². The Labute approximate surface area is 190 Å². The smallest absolute Gasteiger partial charge is 0.269 e. The number of benzene rings is 2. The Balaban J connectivity index is 2.27. The fraction of sp³-hybridized carbons (Fsp3) is 0.478. The highest BCUT2D eigenvalue weighted by atomic mass is 32.2. The van der Waals surface area contributed by atoms with Crippen LogP contribution in [0.5, 0.6) is 0 Å². The van der Waals surface area contributed by atoms with Gasteiger partial charge in [-0.25, -0.2) is 8.42 Å². The van der Waals surface area contributed by atoms with Crippen molar-refractivity contribution in [2.24, 2.45) is 0 Å². The van der Waals surface area contributed by atoms with Crippen molar-refractivity contribution < 1.29 is 23.3 Å². The molecular formula is C23H34N3O5S+. The number of para-hydroxylation sites is 1. The van der Waals surface area contributed by atoms with Crippen LogP contribution in [0.25, 0.3) is 0 Å². The van der Waals surface area contributed by atoms with E-state index in [1.54, 1.807) is 30.3 Å². The SMILES string of the molecule is CCCC[NH+](CCCC)CC(O)CN(c1ccccc1)S(=O)(=O)c1ccc([N+](=O)[O-])cc1. The molecule has 2 rings (SSSR count). The molecule has 0 bridgehead atoms. The minimum atomic E-state index is -4.02. The molecule has 1 unspecified atom stereocenters. The Hall–Kier alpha value is -2.49. The molecule has 0 fully saturated rings. The number of anilines is 1. The van der Waals surface area contributed by atoms with Gasteiger partial charge in [-0.05, 0) is 37.1 Å². The zero-order chi connectivity index (χ0) is 23.6. The maximum atomic E-state index is 13.4. The van der Waals surface area contributed by atoms with Crippen LogP contribution in [-0.2, 0) is 10.0 Å². The summed E-state index contributed by atoms with van der Waals surface area (Å²) in [5.74, 6) is 0. The molecular weight excluding hydrogens is 430 g/mol. The zero-order valence-corrected chi connectivity index (χ0v) is 19.6. The van der Waals surface area contributed by atoms with Gasteiger partial charge in [0, 0.05) is 12.1 Å². The first-order chi connectivity index (χ1) is 15.3. The van der Waals surface area contributed by atoms with E-state index in [0.717, 1.165) is 38.8 Å². The van der Waals surface area contributed by atoms with E-state index >= 15 is 0 Å². The summed E-state index contributed by atoms with van der Waals surface area (Å²) >= 11 is 0. The monoisotopic (exact) mass is 464 g/mol. The number of sulfonamides is 1. The van der Waals surface area contributed by atoms with Crippen LogP contribution in [0, 0.1) is 10.1 Å².